The van der Waals surface area contributed by atoms with E-state index in [1.165, 1.54) is 6.33 Å². The summed E-state index contributed by atoms with van der Waals surface area (Å²) >= 11 is 0. The van der Waals surface area contributed by atoms with Crippen molar-refractivity contribution in [3.63, 3.8) is 0 Å². The molecule has 0 aliphatic carbocycles. The van der Waals surface area contributed by atoms with E-state index in [1.54, 1.807) is 30.3 Å². The molecular formula is C17H20FN5O. The fraction of sp³-hybridized carbons (Fsp3) is 0.412. The zero-order valence-corrected chi connectivity index (χ0v) is 13.8. The van der Waals surface area contributed by atoms with Crippen LogP contribution in [0.1, 0.15) is 22.6 Å². The molecule has 1 saturated heterocycles. The van der Waals surface area contributed by atoms with Crippen LogP contribution in [-0.4, -0.2) is 58.1 Å². The number of pyridine rings is 1. The molecule has 0 radical (unpaired) electrons. The van der Waals surface area contributed by atoms with Crippen LogP contribution in [0.5, 0.6) is 0 Å². The molecule has 2 aromatic rings. The van der Waals surface area contributed by atoms with Gasteiger partial charge in [-0.3, -0.25) is 4.79 Å². The molecule has 0 spiro atoms. The van der Waals surface area contributed by atoms with Crippen LogP contribution < -0.4 is 4.90 Å². The van der Waals surface area contributed by atoms with Crippen molar-refractivity contribution in [2.24, 2.45) is 0 Å². The lowest BCUT2D eigenvalue weighted by Crippen LogP contribution is -2.41. The molecular weight excluding hydrogens is 309 g/mol. The number of aryl methyl sites for hydroxylation is 1. The third-order valence-electron chi connectivity index (χ3n) is 4.16. The normalized spacial score (nSPS) is 20.2. The molecule has 3 heterocycles. The van der Waals surface area contributed by atoms with Crippen molar-refractivity contribution >= 4 is 11.7 Å². The second-order valence-corrected chi connectivity index (χ2v) is 6.06. The second-order valence-electron chi connectivity index (χ2n) is 6.06. The molecule has 0 aromatic carbocycles. The average Bonchev–Trinajstić information content (AvgIpc) is 2.95. The lowest BCUT2D eigenvalue weighted by Gasteiger charge is -2.29. The summed E-state index contributed by atoms with van der Waals surface area (Å²) < 4.78 is 13.9. The topological polar surface area (TPSA) is 62.2 Å². The maximum Gasteiger partial charge on any atom is 0.272 e. The summed E-state index contributed by atoms with van der Waals surface area (Å²) in [4.78, 5) is 28.4. The Morgan fingerprint density at radius 1 is 1.42 bits per heavy atom. The Morgan fingerprint density at radius 2 is 2.25 bits per heavy atom. The van der Waals surface area contributed by atoms with Crippen LogP contribution in [0.25, 0.3) is 0 Å². The number of nitrogens with zero attached hydrogens (tertiary/aromatic N) is 5. The molecule has 0 N–H and O–H groups in total. The molecule has 1 fully saturated rings. The van der Waals surface area contributed by atoms with Crippen LogP contribution in [0, 0.1) is 6.92 Å². The fourth-order valence-electron chi connectivity index (χ4n) is 3.02. The Morgan fingerprint density at radius 3 is 2.96 bits per heavy atom. The Bertz CT molecular complexity index is 711. The molecule has 1 aliphatic heterocycles. The summed E-state index contributed by atoms with van der Waals surface area (Å²) in [5, 5.41) is 0. The highest BCUT2D eigenvalue weighted by Gasteiger charge is 2.34. The number of alkyl halides is 1. The highest BCUT2D eigenvalue weighted by atomic mass is 19.1. The van der Waals surface area contributed by atoms with Crippen molar-refractivity contribution < 1.29 is 9.18 Å². The minimum Gasteiger partial charge on any atom is -0.349 e. The number of amides is 1. The summed E-state index contributed by atoms with van der Waals surface area (Å²) in [5.41, 5.74) is 1.20. The SMILES string of the molecule is Cc1cccc(C(=O)N(C)C[C@@H]2C[C@H](F)CN2c2ccncn2)n1. The predicted molar refractivity (Wildman–Crippen MR) is 88.6 cm³/mol. The lowest BCUT2D eigenvalue weighted by atomic mass is 10.2. The van der Waals surface area contributed by atoms with E-state index in [1.807, 2.05) is 24.0 Å². The number of carbonyl (C=O) groups excluding carboxylic acids is 1. The van der Waals surface area contributed by atoms with Gasteiger partial charge in [-0.15, -0.1) is 0 Å². The number of hydrogen-bond donors (Lipinski definition) is 0. The highest BCUT2D eigenvalue weighted by Crippen LogP contribution is 2.26. The first-order chi connectivity index (χ1) is 11.5. The van der Waals surface area contributed by atoms with E-state index < -0.39 is 6.17 Å². The molecule has 0 saturated carbocycles. The zero-order valence-electron chi connectivity index (χ0n) is 13.8. The number of aromatic nitrogens is 3. The third kappa shape index (κ3) is 3.50. The van der Waals surface area contributed by atoms with Crippen molar-refractivity contribution in [3.05, 3.63) is 48.2 Å². The summed E-state index contributed by atoms with van der Waals surface area (Å²) in [6.45, 7) is 2.55. The molecule has 6 nitrogen and oxygen atoms in total. The number of anilines is 1. The molecule has 2 atom stereocenters. The summed E-state index contributed by atoms with van der Waals surface area (Å²) in [6, 6.07) is 6.99. The van der Waals surface area contributed by atoms with Gasteiger partial charge in [-0.2, -0.15) is 0 Å². The summed E-state index contributed by atoms with van der Waals surface area (Å²) in [5.74, 6) is 0.522. The van der Waals surface area contributed by atoms with Crippen LogP contribution >= 0.6 is 0 Å². The van der Waals surface area contributed by atoms with Crippen molar-refractivity contribution in [3.8, 4) is 0 Å². The first kappa shape index (κ1) is 16.3. The predicted octanol–water partition coefficient (Wildman–Crippen LogP) is 1.87. The van der Waals surface area contributed by atoms with E-state index >= 15 is 0 Å². The van der Waals surface area contributed by atoms with E-state index in [4.69, 9.17) is 0 Å². The number of halogens is 1. The number of likely N-dealkylation sites (N-methyl/N-ethyl adjacent to an activating group) is 1. The van der Waals surface area contributed by atoms with Crippen LogP contribution in [-0.2, 0) is 0 Å². The van der Waals surface area contributed by atoms with E-state index in [9.17, 15) is 9.18 Å². The first-order valence-corrected chi connectivity index (χ1v) is 7.90. The molecule has 24 heavy (non-hydrogen) atoms. The van der Waals surface area contributed by atoms with Gasteiger partial charge in [-0.25, -0.2) is 19.3 Å². The Balaban J connectivity index is 1.72. The van der Waals surface area contributed by atoms with Crippen molar-refractivity contribution in [1.29, 1.82) is 0 Å². The molecule has 1 amide bonds. The first-order valence-electron chi connectivity index (χ1n) is 7.90. The second kappa shape index (κ2) is 6.90. The van der Waals surface area contributed by atoms with E-state index in [2.05, 4.69) is 15.0 Å². The van der Waals surface area contributed by atoms with Gasteiger partial charge in [0.05, 0.1) is 12.6 Å². The van der Waals surface area contributed by atoms with E-state index in [0.29, 0.717) is 24.5 Å². The van der Waals surface area contributed by atoms with Gasteiger partial charge < -0.3 is 9.80 Å². The largest absolute Gasteiger partial charge is 0.349 e. The van der Waals surface area contributed by atoms with Crippen LogP contribution in [0.15, 0.2) is 36.8 Å². The molecule has 7 heteroatoms. The van der Waals surface area contributed by atoms with Gasteiger partial charge in [0, 0.05) is 31.9 Å². The zero-order chi connectivity index (χ0) is 17.1. The minimum atomic E-state index is -0.925. The fourth-order valence-corrected chi connectivity index (χ4v) is 3.02. The van der Waals surface area contributed by atoms with Gasteiger partial charge in [0.1, 0.15) is 24.0 Å². The van der Waals surface area contributed by atoms with Gasteiger partial charge in [0.2, 0.25) is 0 Å². The van der Waals surface area contributed by atoms with Crippen molar-refractivity contribution in [2.75, 3.05) is 25.0 Å². The molecule has 0 bridgehead atoms. The van der Waals surface area contributed by atoms with Gasteiger partial charge in [0.25, 0.3) is 5.91 Å². The quantitative estimate of drug-likeness (QED) is 0.857. The maximum absolute atomic E-state index is 13.9. The molecule has 126 valence electrons. The Hall–Kier alpha value is -2.57. The number of hydrogen-bond acceptors (Lipinski definition) is 5. The van der Waals surface area contributed by atoms with Gasteiger partial charge in [-0.05, 0) is 25.1 Å². The number of rotatable bonds is 4. The number of carbonyl (C=O) groups is 1. The third-order valence-corrected chi connectivity index (χ3v) is 4.16. The summed E-state index contributed by atoms with van der Waals surface area (Å²) in [6.07, 6.45) is 2.54. The van der Waals surface area contributed by atoms with Crippen LogP contribution in [0.2, 0.25) is 0 Å². The maximum atomic E-state index is 13.9. The Kier molecular flexibility index (Phi) is 4.69. The molecule has 2 aromatic heterocycles. The highest BCUT2D eigenvalue weighted by molar-refractivity contribution is 5.92. The standard InChI is InChI=1S/C17H20FN5O/c1-12-4-3-5-15(21-12)17(24)22(2)10-14-8-13(18)9-23(14)16-6-7-19-11-20-16/h3-7,11,13-14H,8-10H2,1-2H3/t13-,14-/m0/s1. The monoisotopic (exact) mass is 329 g/mol. The van der Waals surface area contributed by atoms with E-state index in [-0.39, 0.29) is 18.5 Å². The van der Waals surface area contributed by atoms with Gasteiger partial charge >= 0.3 is 0 Å². The summed E-state index contributed by atoms with van der Waals surface area (Å²) in [7, 11) is 1.72. The molecule has 1 aliphatic rings. The molecule has 3 rings (SSSR count). The lowest BCUT2D eigenvalue weighted by molar-refractivity contribution is 0.0780. The van der Waals surface area contributed by atoms with Crippen LogP contribution in [0.3, 0.4) is 0 Å². The van der Waals surface area contributed by atoms with Crippen molar-refractivity contribution in [1.82, 2.24) is 19.9 Å². The average molecular weight is 329 g/mol. The van der Waals surface area contributed by atoms with Crippen molar-refractivity contribution in [2.45, 2.75) is 25.6 Å². The smallest absolute Gasteiger partial charge is 0.272 e. The Labute approximate surface area is 140 Å². The van der Waals surface area contributed by atoms with Gasteiger partial charge in [-0.1, -0.05) is 6.07 Å². The van der Waals surface area contributed by atoms with Crippen LogP contribution in [0.4, 0.5) is 10.2 Å². The molecule has 0 unspecified atom stereocenters. The van der Waals surface area contributed by atoms with Gasteiger partial charge in [0.15, 0.2) is 0 Å². The van der Waals surface area contributed by atoms with E-state index in [0.717, 1.165) is 5.69 Å². The minimum absolute atomic E-state index is 0.117.